The molecule has 4 nitrogen and oxygen atoms in total. The van der Waals surface area contributed by atoms with Crippen LogP contribution in [0, 0.1) is 0 Å². The Labute approximate surface area is 113 Å². The zero-order valence-corrected chi connectivity index (χ0v) is 11.4. The third-order valence-electron chi connectivity index (χ3n) is 3.39. The van der Waals surface area contributed by atoms with E-state index in [-0.39, 0.29) is 5.78 Å². The van der Waals surface area contributed by atoms with E-state index >= 15 is 0 Å². The number of benzene rings is 1. The summed E-state index contributed by atoms with van der Waals surface area (Å²) in [5.41, 5.74) is 7.47. The van der Waals surface area contributed by atoms with Crippen molar-refractivity contribution in [3.8, 4) is 0 Å². The number of nitrogens with zero attached hydrogens (tertiary/aromatic N) is 2. The van der Waals surface area contributed by atoms with Crippen molar-refractivity contribution in [1.29, 1.82) is 0 Å². The highest BCUT2D eigenvalue weighted by Crippen LogP contribution is 2.15. The molecule has 2 rings (SSSR count). The van der Waals surface area contributed by atoms with E-state index in [1.54, 1.807) is 0 Å². The Morgan fingerprint density at radius 3 is 2.79 bits per heavy atom. The summed E-state index contributed by atoms with van der Waals surface area (Å²) in [6.07, 6.45) is 4.02. The number of imidazole rings is 1. The largest absolute Gasteiger partial charge is 0.331 e. The Bertz CT molecular complexity index is 560. The Hall–Kier alpha value is -1.68. The molecule has 0 bridgehead atoms. The zero-order chi connectivity index (χ0) is 13.7. The third-order valence-corrected chi connectivity index (χ3v) is 3.39. The van der Waals surface area contributed by atoms with Crippen LogP contribution >= 0.6 is 0 Å². The van der Waals surface area contributed by atoms with Gasteiger partial charge in [0.05, 0.1) is 17.5 Å². The van der Waals surface area contributed by atoms with Crippen LogP contribution < -0.4 is 5.73 Å². The molecule has 0 atom stereocenters. The van der Waals surface area contributed by atoms with E-state index in [4.69, 9.17) is 5.73 Å². The SMILES string of the molecule is Cn1c(CC(=O)CCCCCN)nc2ccccc21. The first-order valence-corrected chi connectivity index (χ1v) is 6.84. The van der Waals surface area contributed by atoms with Gasteiger partial charge in [-0.05, 0) is 31.5 Å². The van der Waals surface area contributed by atoms with Crippen LogP contribution in [0.2, 0.25) is 0 Å². The van der Waals surface area contributed by atoms with E-state index in [1.165, 1.54) is 0 Å². The van der Waals surface area contributed by atoms with Crippen LogP contribution in [0.1, 0.15) is 31.5 Å². The second kappa shape index (κ2) is 6.48. The molecule has 1 aromatic heterocycles. The van der Waals surface area contributed by atoms with E-state index in [0.29, 0.717) is 19.4 Å². The third kappa shape index (κ3) is 3.41. The van der Waals surface area contributed by atoms with Gasteiger partial charge in [0.15, 0.2) is 0 Å². The minimum atomic E-state index is 0.260. The molecule has 102 valence electrons. The molecular weight excluding hydrogens is 238 g/mol. The Morgan fingerprint density at radius 2 is 2.05 bits per heavy atom. The minimum Gasteiger partial charge on any atom is -0.331 e. The van der Waals surface area contributed by atoms with Crippen LogP contribution in [0.25, 0.3) is 11.0 Å². The van der Waals surface area contributed by atoms with Gasteiger partial charge in [-0.2, -0.15) is 0 Å². The maximum absolute atomic E-state index is 11.9. The molecule has 0 unspecified atom stereocenters. The average molecular weight is 259 g/mol. The lowest BCUT2D eigenvalue weighted by Gasteiger charge is -2.02. The van der Waals surface area contributed by atoms with E-state index in [1.807, 2.05) is 35.9 Å². The second-order valence-electron chi connectivity index (χ2n) is 4.89. The van der Waals surface area contributed by atoms with Crippen molar-refractivity contribution in [2.24, 2.45) is 12.8 Å². The smallest absolute Gasteiger partial charge is 0.140 e. The molecule has 4 heteroatoms. The highest BCUT2D eigenvalue weighted by Gasteiger charge is 2.11. The van der Waals surface area contributed by atoms with E-state index in [9.17, 15) is 4.79 Å². The standard InChI is InChI=1S/C15H21N3O/c1-18-14-9-5-4-8-13(14)17-15(18)11-12(19)7-3-2-6-10-16/h4-5,8-9H,2-3,6-7,10-11,16H2,1H3. The number of hydrogen-bond donors (Lipinski definition) is 1. The zero-order valence-electron chi connectivity index (χ0n) is 11.4. The van der Waals surface area contributed by atoms with Crippen molar-refractivity contribution in [2.45, 2.75) is 32.1 Å². The molecule has 0 spiro atoms. The van der Waals surface area contributed by atoms with Crippen LogP contribution in [0.5, 0.6) is 0 Å². The Kier molecular flexibility index (Phi) is 4.68. The molecule has 0 amide bonds. The first kappa shape index (κ1) is 13.7. The molecule has 0 saturated carbocycles. The number of carbonyl (C=O) groups is 1. The number of unbranched alkanes of at least 4 members (excludes halogenated alkanes) is 2. The van der Waals surface area contributed by atoms with Gasteiger partial charge in [0.2, 0.25) is 0 Å². The summed E-state index contributed by atoms with van der Waals surface area (Å²) in [6, 6.07) is 7.96. The quantitative estimate of drug-likeness (QED) is 0.775. The number of aryl methyl sites for hydroxylation is 1. The first-order chi connectivity index (χ1) is 9.22. The minimum absolute atomic E-state index is 0.260. The number of rotatable bonds is 7. The van der Waals surface area contributed by atoms with Crippen molar-refractivity contribution >= 4 is 16.8 Å². The van der Waals surface area contributed by atoms with Gasteiger partial charge in [0, 0.05) is 13.5 Å². The normalized spacial score (nSPS) is 11.1. The molecule has 0 aliphatic rings. The highest BCUT2D eigenvalue weighted by atomic mass is 16.1. The lowest BCUT2D eigenvalue weighted by molar-refractivity contribution is -0.118. The molecule has 0 aliphatic carbocycles. The molecule has 1 aromatic carbocycles. The maximum Gasteiger partial charge on any atom is 0.140 e. The van der Waals surface area contributed by atoms with Gasteiger partial charge in [-0.15, -0.1) is 0 Å². The van der Waals surface area contributed by atoms with Crippen LogP contribution in [0.3, 0.4) is 0 Å². The number of nitrogens with two attached hydrogens (primary N) is 1. The fraction of sp³-hybridized carbons (Fsp3) is 0.467. The number of aromatic nitrogens is 2. The number of hydrogen-bond acceptors (Lipinski definition) is 3. The van der Waals surface area contributed by atoms with Gasteiger partial charge >= 0.3 is 0 Å². The van der Waals surface area contributed by atoms with E-state index < -0.39 is 0 Å². The van der Waals surface area contributed by atoms with Crippen LogP contribution in [-0.2, 0) is 18.3 Å². The van der Waals surface area contributed by atoms with Gasteiger partial charge in [-0.25, -0.2) is 4.98 Å². The number of ketones is 1. The average Bonchev–Trinajstić information content (AvgIpc) is 2.72. The summed E-state index contributed by atoms with van der Waals surface area (Å²) >= 11 is 0. The Morgan fingerprint density at radius 1 is 1.26 bits per heavy atom. The first-order valence-electron chi connectivity index (χ1n) is 6.84. The molecule has 0 radical (unpaired) electrons. The van der Waals surface area contributed by atoms with Gasteiger partial charge < -0.3 is 10.3 Å². The van der Waals surface area contributed by atoms with Crippen LogP contribution in [0.15, 0.2) is 24.3 Å². The number of carbonyl (C=O) groups excluding carboxylic acids is 1. The van der Waals surface area contributed by atoms with Gasteiger partial charge in [0.1, 0.15) is 11.6 Å². The fourth-order valence-corrected chi connectivity index (χ4v) is 2.26. The Balaban J connectivity index is 1.97. The van der Waals surface area contributed by atoms with Crippen molar-refractivity contribution < 1.29 is 4.79 Å². The molecule has 0 fully saturated rings. The van der Waals surface area contributed by atoms with E-state index in [0.717, 1.165) is 36.1 Å². The van der Waals surface area contributed by atoms with Crippen molar-refractivity contribution in [2.75, 3.05) is 6.54 Å². The van der Waals surface area contributed by atoms with E-state index in [2.05, 4.69) is 4.98 Å². The molecule has 1 heterocycles. The summed E-state index contributed by atoms with van der Waals surface area (Å²) < 4.78 is 2.01. The summed E-state index contributed by atoms with van der Waals surface area (Å²) in [5, 5.41) is 0. The molecule has 19 heavy (non-hydrogen) atoms. The maximum atomic E-state index is 11.9. The van der Waals surface area contributed by atoms with Crippen molar-refractivity contribution in [3.63, 3.8) is 0 Å². The highest BCUT2D eigenvalue weighted by molar-refractivity contribution is 5.82. The second-order valence-corrected chi connectivity index (χ2v) is 4.89. The fourth-order valence-electron chi connectivity index (χ4n) is 2.26. The monoisotopic (exact) mass is 259 g/mol. The van der Waals surface area contributed by atoms with Gasteiger partial charge in [0.25, 0.3) is 0 Å². The van der Waals surface area contributed by atoms with Crippen molar-refractivity contribution in [1.82, 2.24) is 9.55 Å². The summed E-state index contributed by atoms with van der Waals surface area (Å²) in [6.45, 7) is 0.707. The lowest BCUT2D eigenvalue weighted by Crippen LogP contribution is -2.08. The topological polar surface area (TPSA) is 60.9 Å². The number of fused-ring (bicyclic) bond motifs is 1. The van der Waals surface area contributed by atoms with Crippen LogP contribution in [0.4, 0.5) is 0 Å². The molecule has 2 N–H and O–H groups in total. The number of para-hydroxylation sites is 2. The molecule has 2 aromatic rings. The molecule has 0 aliphatic heterocycles. The predicted molar refractivity (Wildman–Crippen MR) is 76.9 cm³/mol. The summed E-state index contributed by atoms with van der Waals surface area (Å²) in [7, 11) is 1.96. The predicted octanol–water partition coefficient (Wildman–Crippen LogP) is 2.20. The lowest BCUT2D eigenvalue weighted by atomic mass is 10.1. The van der Waals surface area contributed by atoms with Crippen LogP contribution in [-0.4, -0.2) is 21.9 Å². The van der Waals surface area contributed by atoms with Gasteiger partial charge in [-0.3, -0.25) is 4.79 Å². The molecule has 0 saturated heterocycles. The van der Waals surface area contributed by atoms with Gasteiger partial charge in [-0.1, -0.05) is 18.6 Å². The summed E-state index contributed by atoms with van der Waals surface area (Å²) in [4.78, 5) is 16.4. The number of Topliss-reactive ketones (excluding diaryl/α,β-unsaturated/α-hetero) is 1. The summed E-state index contributed by atoms with van der Waals surface area (Å²) in [5.74, 6) is 1.11. The van der Waals surface area contributed by atoms with Crippen molar-refractivity contribution in [3.05, 3.63) is 30.1 Å². The molecular formula is C15H21N3O.